The summed E-state index contributed by atoms with van der Waals surface area (Å²) in [5.41, 5.74) is 0.862. The number of likely N-dealkylation sites (tertiary alicyclic amines) is 1. The molecule has 1 fully saturated rings. The second kappa shape index (κ2) is 16.9. The van der Waals surface area contributed by atoms with Crippen LogP contribution in [0.25, 0.3) is 0 Å². The van der Waals surface area contributed by atoms with Gasteiger partial charge in [0.25, 0.3) is 0 Å². The van der Waals surface area contributed by atoms with Crippen LogP contribution in [-0.2, 0) is 28.7 Å². The highest BCUT2D eigenvalue weighted by Crippen LogP contribution is 2.27. The summed E-state index contributed by atoms with van der Waals surface area (Å²) in [5.74, 6) is 1.26. The highest BCUT2D eigenvalue weighted by molar-refractivity contribution is 5.93. The topological polar surface area (TPSA) is 134 Å². The van der Waals surface area contributed by atoms with E-state index in [1.807, 2.05) is 32.9 Å². The maximum Gasteiger partial charge on any atom is 0.305 e. The third-order valence-electron chi connectivity index (χ3n) is 7.25. The van der Waals surface area contributed by atoms with Crippen LogP contribution >= 0.6 is 0 Å². The van der Waals surface area contributed by atoms with Gasteiger partial charge in [0.2, 0.25) is 17.7 Å². The van der Waals surface area contributed by atoms with Crippen LogP contribution in [0.3, 0.4) is 0 Å². The summed E-state index contributed by atoms with van der Waals surface area (Å²) in [7, 11) is 1.53. The fraction of sp³-hybridized carbons (Fsp3) is 0.625. The summed E-state index contributed by atoms with van der Waals surface area (Å²) < 4.78 is 10.2. The summed E-state index contributed by atoms with van der Waals surface area (Å²) >= 11 is 0. The first-order chi connectivity index (χ1) is 19.9. The molecule has 10 heteroatoms. The minimum Gasteiger partial charge on any atom is -0.466 e. The van der Waals surface area contributed by atoms with Crippen LogP contribution in [0.1, 0.15) is 89.8 Å². The molecule has 0 aliphatic carbocycles. The van der Waals surface area contributed by atoms with Gasteiger partial charge in [-0.25, -0.2) is 0 Å². The molecule has 1 aromatic rings. The van der Waals surface area contributed by atoms with E-state index >= 15 is 0 Å². The smallest absolute Gasteiger partial charge is 0.305 e. The quantitative estimate of drug-likeness (QED) is 0.164. The van der Waals surface area contributed by atoms with Crippen molar-refractivity contribution in [3.05, 3.63) is 35.4 Å². The molecule has 42 heavy (non-hydrogen) atoms. The number of esters is 1. The number of methoxy groups -OCH3 is 1. The number of amides is 3. The summed E-state index contributed by atoms with van der Waals surface area (Å²) in [6.07, 6.45) is 8.17. The van der Waals surface area contributed by atoms with Crippen molar-refractivity contribution in [2.45, 2.75) is 96.9 Å². The van der Waals surface area contributed by atoms with Gasteiger partial charge in [-0.3, -0.25) is 19.2 Å². The fourth-order valence-electron chi connectivity index (χ4n) is 4.96. The van der Waals surface area contributed by atoms with Crippen molar-refractivity contribution < 1.29 is 33.8 Å². The maximum atomic E-state index is 13.8. The Morgan fingerprint density at radius 2 is 1.71 bits per heavy atom. The fourth-order valence-corrected chi connectivity index (χ4v) is 4.96. The van der Waals surface area contributed by atoms with Gasteiger partial charge in [0.15, 0.2) is 0 Å². The van der Waals surface area contributed by atoms with Crippen molar-refractivity contribution in [1.29, 1.82) is 0 Å². The summed E-state index contributed by atoms with van der Waals surface area (Å²) in [6, 6.07) is 4.91. The van der Waals surface area contributed by atoms with E-state index in [0.29, 0.717) is 31.4 Å². The number of nitrogens with one attached hydrogen (secondary N) is 2. The van der Waals surface area contributed by atoms with E-state index < -0.39 is 41.5 Å². The van der Waals surface area contributed by atoms with Crippen LogP contribution in [0.15, 0.2) is 24.3 Å². The lowest BCUT2D eigenvalue weighted by atomic mass is 9.85. The molecule has 0 spiro atoms. The Labute approximate surface area is 249 Å². The Balaban J connectivity index is 2.04. The van der Waals surface area contributed by atoms with E-state index in [0.717, 1.165) is 18.4 Å². The van der Waals surface area contributed by atoms with Gasteiger partial charge in [0, 0.05) is 38.5 Å². The molecule has 10 nitrogen and oxygen atoms in total. The molecule has 3 N–H and O–H groups in total. The van der Waals surface area contributed by atoms with Crippen LogP contribution in [0.2, 0.25) is 0 Å². The van der Waals surface area contributed by atoms with Crippen molar-refractivity contribution >= 4 is 23.7 Å². The molecule has 0 unspecified atom stereocenters. The second-order valence-electron chi connectivity index (χ2n) is 11.8. The monoisotopic (exact) mass is 585 g/mol. The highest BCUT2D eigenvalue weighted by atomic mass is 16.5. The number of aliphatic hydroxyl groups excluding tert-OH is 1. The third kappa shape index (κ3) is 10.8. The maximum absolute atomic E-state index is 13.8. The molecule has 1 heterocycles. The predicted octanol–water partition coefficient (Wildman–Crippen LogP) is 2.87. The molecule has 0 bridgehead atoms. The highest BCUT2D eigenvalue weighted by Gasteiger charge is 2.44. The first-order valence-corrected chi connectivity index (χ1v) is 14.7. The van der Waals surface area contributed by atoms with Crippen LogP contribution in [0.5, 0.6) is 0 Å². The van der Waals surface area contributed by atoms with Gasteiger partial charge in [-0.15, -0.1) is 6.42 Å². The number of aliphatic hydroxyl groups is 1. The Morgan fingerprint density at radius 1 is 1.07 bits per heavy atom. The second-order valence-corrected chi connectivity index (χ2v) is 11.8. The lowest BCUT2D eigenvalue weighted by Crippen LogP contribution is -2.58. The molecule has 3 amide bonds. The molecule has 0 radical (unpaired) electrons. The zero-order chi connectivity index (χ0) is 31.3. The molecule has 2 rings (SSSR count). The Kier molecular flexibility index (Phi) is 14.0. The number of terminal acetylenes is 1. The van der Waals surface area contributed by atoms with Gasteiger partial charge in [-0.2, -0.15) is 0 Å². The van der Waals surface area contributed by atoms with E-state index in [4.69, 9.17) is 15.9 Å². The van der Waals surface area contributed by atoms with Crippen molar-refractivity contribution in [2.24, 2.45) is 5.41 Å². The van der Waals surface area contributed by atoms with Crippen molar-refractivity contribution in [2.75, 3.05) is 26.9 Å². The van der Waals surface area contributed by atoms with Crippen LogP contribution in [-0.4, -0.2) is 78.8 Å². The predicted molar refractivity (Wildman–Crippen MR) is 159 cm³/mol. The molecule has 4 atom stereocenters. The van der Waals surface area contributed by atoms with Crippen molar-refractivity contribution in [1.82, 2.24) is 15.5 Å². The van der Waals surface area contributed by atoms with Gasteiger partial charge in [-0.05, 0) is 42.9 Å². The number of hydrogen-bond acceptors (Lipinski definition) is 7. The van der Waals surface area contributed by atoms with Crippen molar-refractivity contribution in [3.63, 3.8) is 0 Å². The first-order valence-electron chi connectivity index (χ1n) is 14.7. The largest absolute Gasteiger partial charge is 0.466 e. The Morgan fingerprint density at radius 3 is 2.29 bits per heavy atom. The Bertz CT molecular complexity index is 1090. The SMILES string of the molecule is C#Cc1ccc([C@H](COC)NC(=O)[C@@H]2C[C@@H](O)CN2C(=O)[C@@H](NC(=O)CCCCCCC(=O)OCC)C(C)(C)C)cc1. The van der Waals surface area contributed by atoms with E-state index in [9.17, 15) is 24.3 Å². The van der Waals surface area contributed by atoms with Gasteiger partial charge in [0.1, 0.15) is 12.1 Å². The number of rotatable bonds is 15. The number of carbonyl (C=O) groups is 4. The number of nitrogens with zero attached hydrogens (tertiary/aromatic N) is 1. The van der Waals surface area contributed by atoms with E-state index in [-0.39, 0.29) is 37.9 Å². The molecular weight excluding hydrogens is 538 g/mol. The zero-order valence-corrected chi connectivity index (χ0v) is 25.6. The molecule has 1 aliphatic heterocycles. The molecule has 1 aliphatic rings. The van der Waals surface area contributed by atoms with Gasteiger partial charge in [-0.1, -0.05) is 51.7 Å². The van der Waals surface area contributed by atoms with E-state index in [1.165, 1.54) is 12.0 Å². The summed E-state index contributed by atoms with van der Waals surface area (Å²) in [4.78, 5) is 52.9. The summed E-state index contributed by atoms with van der Waals surface area (Å²) in [5, 5.41) is 16.3. The number of β-amino-alcohol motifs (C(OH)–C–C–N with tert-alkyl or cyclic N) is 1. The van der Waals surface area contributed by atoms with Gasteiger partial charge < -0.3 is 30.1 Å². The molecule has 232 valence electrons. The van der Waals surface area contributed by atoms with Gasteiger partial charge >= 0.3 is 5.97 Å². The summed E-state index contributed by atoms with van der Waals surface area (Å²) in [6.45, 7) is 7.88. The lowest BCUT2D eigenvalue weighted by Gasteiger charge is -2.35. The van der Waals surface area contributed by atoms with E-state index in [2.05, 4.69) is 16.6 Å². The lowest BCUT2D eigenvalue weighted by molar-refractivity contribution is -0.144. The van der Waals surface area contributed by atoms with Crippen LogP contribution < -0.4 is 10.6 Å². The number of benzene rings is 1. The number of carbonyl (C=O) groups excluding carboxylic acids is 4. The molecule has 1 saturated heterocycles. The average molecular weight is 586 g/mol. The minimum atomic E-state index is -0.905. The molecule has 1 aromatic carbocycles. The average Bonchev–Trinajstić information content (AvgIpc) is 3.34. The number of unbranched alkanes of at least 4 members (excludes halogenated alkanes) is 3. The first kappa shape index (κ1) is 34.8. The molecular formula is C32H47N3O7. The van der Waals surface area contributed by atoms with Gasteiger partial charge in [0.05, 0.1) is 25.4 Å². The number of hydrogen-bond donors (Lipinski definition) is 3. The third-order valence-corrected chi connectivity index (χ3v) is 7.25. The molecule has 0 saturated carbocycles. The molecule has 0 aromatic heterocycles. The van der Waals surface area contributed by atoms with E-state index in [1.54, 1.807) is 19.1 Å². The van der Waals surface area contributed by atoms with Crippen LogP contribution in [0, 0.1) is 17.8 Å². The Hall–Kier alpha value is -3.42. The normalized spacial score (nSPS) is 18.1. The minimum absolute atomic E-state index is 0.00829. The number of ether oxygens (including phenoxy) is 2. The zero-order valence-electron chi connectivity index (χ0n) is 25.6. The van der Waals surface area contributed by atoms with Crippen molar-refractivity contribution in [3.8, 4) is 12.3 Å². The van der Waals surface area contributed by atoms with Crippen LogP contribution in [0.4, 0.5) is 0 Å². The standard InChI is InChI=1S/C32H47N3O7/c1-7-22-15-17-23(18-16-22)25(21-41-6)33-30(39)26-19-24(36)20-35(26)31(40)29(32(3,4)5)34-27(37)13-11-9-10-12-14-28(38)42-8-2/h1,15-18,24-26,29,36H,8-14,19-21H2,2-6H3,(H,33,39)(H,34,37)/t24-,25+,26+,29-/m1/s1.